The monoisotopic (exact) mass is 198 g/mol. The summed E-state index contributed by atoms with van der Waals surface area (Å²) in [5, 5.41) is 3.04. The first kappa shape index (κ1) is 9.45. The van der Waals surface area contributed by atoms with Crippen molar-refractivity contribution in [2.24, 2.45) is 0 Å². The van der Waals surface area contributed by atoms with Crippen molar-refractivity contribution >= 4 is 11.9 Å². The van der Waals surface area contributed by atoms with Gasteiger partial charge in [0.1, 0.15) is 0 Å². The van der Waals surface area contributed by atoms with Crippen molar-refractivity contribution in [3.8, 4) is 0 Å². The summed E-state index contributed by atoms with van der Waals surface area (Å²) in [5.41, 5.74) is 0. The fourth-order valence-corrected chi connectivity index (χ4v) is 2.04. The largest absolute Gasteiger partial charge is 0.467 e. The van der Waals surface area contributed by atoms with Crippen LogP contribution in [0.2, 0.25) is 0 Å². The van der Waals surface area contributed by atoms with Gasteiger partial charge in [-0.25, -0.2) is 4.79 Å². The lowest BCUT2D eigenvalue weighted by Crippen LogP contribution is -2.48. The molecule has 2 bridgehead atoms. The van der Waals surface area contributed by atoms with Gasteiger partial charge in [-0.1, -0.05) is 0 Å². The van der Waals surface area contributed by atoms with Gasteiger partial charge in [-0.3, -0.25) is 10.1 Å². The number of piperidine rings is 1. The smallest absolute Gasteiger partial charge is 0.332 e. The average molecular weight is 198 g/mol. The van der Waals surface area contributed by atoms with Gasteiger partial charge in [0.2, 0.25) is 0 Å². The van der Waals surface area contributed by atoms with Crippen LogP contribution in [0.1, 0.15) is 12.8 Å². The van der Waals surface area contributed by atoms with E-state index in [1.807, 2.05) is 0 Å². The van der Waals surface area contributed by atoms with Crippen LogP contribution in [0.3, 0.4) is 0 Å². The molecule has 78 valence electrons. The molecule has 0 radical (unpaired) electrons. The van der Waals surface area contributed by atoms with Crippen LogP contribution in [-0.4, -0.2) is 49.1 Å². The highest BCUT2D eigenvalue weighted by molar-refractivity contribution is 6.02. The van der Waals surface area contributed by atoms with Crippen LogP contribution >= 0.6 is 0 Å². The molecule has 14 heavy (non-hydrogen) atoms. The summed E-state index contributed by atoms with van der Waals surface area (Å²) in [6.07, 6.45) is 1.86. The van der Waals surface area contributed by atoms with Crippen LogP contribution in [0.5, 0.6) is 0 Å². The van der Waals surface area contributed by atoms with Crippen molar-refractivity contribution in [3.05, 3.63) is 0 Å². The summed E-state index contributed by atoms with van der Waals surface area (Å²) in [6, 6.07) is -0.503. The van der Waals surface area contributed by atoms with Crippen LogP contribution in [0, 0.1) is 0 Å². The van der Waals surface area contributed by atoms with Gasteiger partial charge in [0.15, 0.2) is 6.04 Å². The molecule has 0 aromatic carbocycles. The number of esters is 1. The van der Waals surface area contributed by atoms with E-state index in [9.17, 15) is 9.59 Å². The number of carbonyl (C=O) groups is 2. The lowest BCUT2D eigenvalue weighted by atomic mass is 10.1. The highest BCUT2D eigenvalue weighted by Crippen LogP contribution is 2.17. The van der Waals surface area contributed by atoms with Crippen LogP contribution in [0.25, 0.3) is 0 Å². The molecule has 1 amide bonds. The predicted octanol–water partition coefficient (Wildman–Crippen LogP) is -0.878. The van der Waals surface area contributed by atoms with E-state index in [0.717, 1.165) is 25.9 Å². The van der Waals surface area contributed by atoms with Gasteiger partial charge >= 0.3 is 5.97 Å². The van der Waals surface area contributed by atoms with Crippen LogP contribution < -0.4 is 5.32 Å². The molecule has 0 aromatic heterocycles. The maximum absolute atomic E-state index is 11.8. The van der Waals surface area contributed by atoms with Gasteiger partial charge in [0.25, 0.3) is 5.91 Å². The van der Waals surface area contributed by atoms with Crippen molar-refractivity contribution in [1.29, 1.82) is 0 Å². The van der Waals surface area contributed by atoms with Gasteiger partial charge in [-0.2, -0.15) is 0 Å². The van der Waals surface area contributed by atoms with Crippen LogP contribution in [0.4, 0.5) is 0 Å². The fraction of sp³-hybridized carbons (Fsp3) is 0.778. The topological polar surface area (TPSA) is 58.6 Å². The molecule has 1 atom stereocenters. The summed E-state index contributed by atoms with van der Waals surface area (Å²) in [7, 11) is 1.30. The number of methoxy groups -OCH3 is 1. The molecular formula is C9H14N2O3. The zero-order chi connectivity index (χ0) is 10.1. The van der Waals surface area contributed by atoms with E-state index >= 15 is 0 Å². The number of hydrogen-bond donors (Lipinski definition) is 1. The Bertz CT molecular complexity index is 259. The highest BCUT2D eigenvalue weighted by atomic mass is 16.5. The zero-order valence-corrected chi connectivity index (χ0v) is 8.16. The second-order valence-corrected chi connectivity index (χ2v) is 3.72. The molecule has 1 unspecified atom stereocenters. The third-order valence-electron chi connectivity index (χ3n) is 2.89. The molecule has 3 heterocycles. The van der Waals surface area contributed by atoms with E-state index in [-0.39, 0.29) is 11.9 Å². The van der Waals surface area contributed by atoms with Gasteiger partial charge < -0.3 is 9.64 Å². The Labute approximate surface area is 82.4 Å². The molecule has 3 saturated heterocycles. The molecule has 0 saturated carbocycles. The van der Waals surface area contributed by atoms with E-state index in [1.54, 1.807) is 4.90 Å². The number of ether oxygens (including phenoxy) is 1. The van der Waals surface area contributed by atoms with Crippen LogP contribution in [-0.2, 0) is 14.3 Å². The number of fused-ring (bicyclic) bond motifs is 4. The molecule has 0 aromatic rings. The Balaban J connectivity index is 2.18. The van der Waals surface area contributed by atoms with E-state index in [4.69, 9.17) is 0 Å². The Hall–Kier alpha value is -1.10. The molecule has 3 aliphatic heterocycles. The van der Waals surface area contributed by atoms with Gasteiger partial charge in [-0.15, -0.1) is 0 Å². The summed E-state index contributed by atoms with van der Waals surface area (Å²) in [6.45, 7) is 1.51. The first-order chi connectivity index (χ1) is 6.72. The first-order valence-corrected chi connectivity index (χ1v) is 4.85. The minimum Gasteiger partial charge on any atom is -0.467 e. The predicted molar refractivity (Wildman–Crippen MR) is 48.5 cm³/mol. The van der Waals surface area contributed by atoms with E-state index in [0.29, 0.717) is 0 Å². The molecule has 3 aliphatic rings. The fourth-order valence-electron chi connectivity index (χ4n) is 2.04. The Kier molecular flexibility index (Phi) is 2.41. The molecule has 0 spiro atoms. The number of rotatable bonds is 1. The third-order valence-corrected chi connectivity index (χ3v) is 2.89. The molecule has 0 aliphatic carbocycles. The Morgan fingerprint density at radius 1 is 1.50 bits per heavy atom. The molecule has 1 N–H and O–H groups in total. The number of hydrogen-bond acceptors (Lipinski definition) is 4. The lowest BCUT2D eigenvalue weighted by molar-refractivity contribution is -0.149. The minimum absolute atomic E-state index is 0.142. The lowest BCUT2D eigenvalue weighted by Gasteiger charge is -2.25. The SMILES string of the molecule is COC(=O)C1NC2CCN(CC2)C1=O. The maximum atomic E-state index is 11.8. The quantitative estimate of drug-likeness (QED) is 0.439. The van der Waals surface area contributed by atoms with Crippen molar-refractivity contribution in [1.82, 2.24) is 10.2 Å². The van der Waals surface area contributed by atoms with Gasteiger partial charge in [-0.05, 0) is 12.8 Å². The highest BCUT2D eigenvalue weighted by Gasteiger charge is 2.39. The van der Waals surface area contributed by atoms with Crippen LogP contribution in [0.15, 0.2) is 0 Å². The van der Waals surface area contributed by atoms with Gasteiger partial charge in [0.05, 0.1) is 7.11 Å². The van der Waals surface area contributed by atoms with Crippen molar-refractivity contribution < 1.29 is 14.3 Å². The summed E-state index contributed by atoms with van der Waals surface area (Å²) in [4.78, 5) is 24.8. The number of amides is 1. The Morgan fingerprint density at radius 2 is 2.14 bits per heavy atom. The first-order valence-electron chi connectivity index (χ1n) is 4.85. The van der Waals surface area contributed by atoms with Crippen molar-refractivity contribution in [3.63, 3.8) is 0 Å². The average Bonchev–Trinajstić information content (AvgIpc) is 2.47. The second kappa shape index (κ2) is 3.57. The zero-order valence-electron chi connectivity index (χ0n) is 8.16. The van der Waals surface area contributed by atoms with Crippen molar-refractivity contribution in [2.45, 2.75) is 24.9 Å². The molecule has 5 heteroatoms. The summed E-state index contributed by atoms with van der Waals surface area (Å²) < 4.78 is 4.59. The number of nitrogens with zero attached hydrogens (tertiary/aromatic N) is 1. The number of nitrogens with one attached hydrogen (secondary N) is 1. The van der Waals surface area contributed by atoms with E-state index in [2.05, 4.69) is 10.1 Å². The Morgan fingerprint density at radius 3 is 2.71 bits per heavy atom. The normalized spacial score (nSPS) is 31.5. The second-order valence-electron chi connectivity index (χ2n) is 3.72. The maximum Gasteiger partial charge on any atom is 0.332 e. The molecule has 3 fully saturated rings. The molecule has 5 nitrogen and oxygen atoms in total. The van der Waals surface area contributed by atoms with Gasteiger partial charge in [0, 0.05) is 19.1 Å². The van der Waals surface area contributed by atoms with E-state index < -0.39 is 12.0 Å². The van der Waals surface area contributed by atoms with Crippen molar-refractivity contribution in [2.75, 3.05) is 20.2 Å². The molecular weight excluding hydrogens is 184 g/mol. The molecule has 3 rings (SSSR count). The third kappa shape index (κ3) is 1.48. The standard InChI is InChI=1S/C9H14N2O3/c1-14-9(13)7-8(12)11-4-2-6(10-7)3-5-11/h6-7,10H,2-5H2,1H3. The minimum atomic E-state index is -0.782. The number of carbonyl (C=O) groups excluding carboxylic acids is 2. The summed E-state index contributed by atoms with van der Waals surface area (Å²) >= 11 is 0. The summed E-state index contributed by atoms with van der Waals surface area (Å²) in [5.74, 6) is -0.620. The van der Waals surface area contributed by atoms with E-state index in [1.165, 1.54) is 7.11 Å².